The van der Waals surface area contributed by atoms with Gasteiger partial charge in [-0.15, -0.1) is 39.5 Å². The minimum atomic E-state index is -5.67. The quantitative estimate of drug-likeness (QED) is 0.395. The van der Waals surface area contributed by atoms with E-state index >= 15 is 0 Å². The van der Waals surface area contributed by atoms with E-state index in [4.69, 9.17) is 10.8 Å². The summed E-state index contributed by atoms with van der Waals surface area (Å²) in [5.41, 5.74) is 4.81. The summed E-state index contributed by atoms with van der Waals surface area (Å²) in [6.07, 6.45) is -16.8. The highest BCUT2D eigenvalue weighted by molar-refractivity contribution is 5.70. The maximum atomic E-state index is 12.9. The van der Waals surface area contributed by atoms with E-state index in [-0.39, 0.29) is 19.4 Å². The normalized spacial score (nSPS) is 14.5. The van der Waals surface area contributed by atoms with Crippen LogP contribution in [0, 0.1) is 11.8 Å². The van der Waals surface area contributed by atoms with Crippen molar-refractivity contribution in [2.45, 2.75) is 51.7 Å². The molecule has 0 heterocycles. The van der Waals surface area contributed by atoms with E-state index in [1.807, 2.05) is 0 Å². The number of benzene rings is 1. The molecule has 0 aromatic heterocycles. The van der Waals surface area contributed by atoms with E-state index in [0.29, 0.717) is 18.6 Å². The van der Waals surface area contributed by atoms with Crippen LogP contribution in [0.25, 0.3) is 0 Å². The summed E-state index contributed by atoms with van der Waals surface area (Å²) >= 11 is 0. The average molecular weight is 501 g/mol. The highest BCUT2D eigenvalue weighted by Gasteiger charge is 2.41. The molecule has 6 nitrogen and oxygen atoms in total. The molecular formula is C18H20F9NO5. The van der Waals surface area contributed by atoms with Crippen molar-refractivity contribution < 1.29 is 63.6 Å². The fourth-order valence-electron chi connectivity index (χ4n) is 2.98. The number of hydrogen-bond donors (Lipinski definition) is 2. The zero-order chi connectivity index (χ0) is 25.6. The number of carbonyl (C=O) groups is 1. The first kappa shape index (κ1) is 28.5. The Hall–Kier alpha value is -2.58. The Morgan fingerprint density at radius 2 is 1.45 bits per heavy atom. The van der Waals surface area contributed by atoms with Gasteiger partial charge in [0.2, 0.25) is 5.75 Å². The van der Waals surface area contributed by atoms with Gasteiger partial charge < -0.3 is 25.1 Å². The summed E-state index contributed by atoms with van der Waals surface area (Å²) in [7, 11) is 0. The van der Waals surface area contributed by atoms with E-state index in [0.717, 1.165) is 0 Å². The molecule has 15 heteroatoms. The van der Waals surface area contributed by atoms with Crippen LogP contribution in [0.5, 0.6) is 17.2 Å². The van der Waals surface area contributed by atoms with Gasteiger partial charge >= 0.3 is 25.1 Å². The largest absolute Gasteiger partial charge is 0.573 e. The number of nitrogens with two attached hydrogens (primary N) is 1. The van der Waals surface area contributed by atoms with Crippen LogP contribution in [0.2, 0.25) is 0 Å². The molecular weight excluding hydrogens is 481 g/mol. The molecule has 33 heavy (non-hydrogen) atoms. The van der Waals surface area contributed by atoms with Crippen molar-refractivity contribution in [2.24, 2.45) is 17.6 Å². The van der Waals surface area contributed by atoms with E-state index in [2.05, 4.69) is 14.2 Å². The first-order valence-electron chi connectivity index (χ1n) is 9.31. The van der Waals surface area contributed by atoms with Crippen LogP contribution >= 0.6 is 0 Å². The summed E-state index contributed by atoms with van der Waals surface area (Å²) in [6, 6.07) is 1.05. The number of halogens is 9. The Morgan fingerprint density at radius 1 is 0.939 bits per heavy atom. The molecule has 1 aromatic rings. The van der Waals surface area contributed by atoms with Gasteiger partial charge in [-0.05, 0) is 36.8 Å². The second-order valence-electron chi connectivity index (χ2n) is 6.84. The van der Waals surface area contributed by atoms with E-state index in [1.54, 1.807) is 6.92 Å². The minimum Gasteiger partial charge on any atom is -0.481 e. The number of carboxylic acids is 1. The maximum absolute atomic E-state index is 12.9. The molecule has 1 rings (SSSR count). The lowest BCUT2D eigenvalue weighted by molar-refractivity contribution is -0.293. The van der Waals surface area contributed by atoms with Crippen molar-refractivity contribution >= 4 is 5.97 Å². The lowest BCUT2D eigenvalue weighted by atomic mass is 9.87. The van der Waals surface area contributed by atoms with Crippen LogP contribution in [0.3, 0.4) is 0 Å². The fraction of sp³-hybridized carbons (Fsp3) is 0.611. The number of ether oxygens (including phenoxy) is 3. The van der Waals surface area contributed by atoms with Crippen LogP contribution in [-0.4, -0.2) is 36.7 Å². The first-order chi connectivity index (χ1) is 15.0. The summed E-state index contributed by atoms with van der Waals surface area (Å²) in [5.74, 6) is -7.88. The zero-order valence-electron chi connectivity index (χ0n) is 16.9. The van der Waals surface area contributed by atoms with Crippen molar-refractivity contribution in [1.82, 2.24) is 0 Å². The van der Waals surface area contributed by atoms with Gasteiger partial charge in [0.05, 0.1) is 5.92 Å². The fourth-order valence-corrected chi connectivity index (χ4v) is 2.98. The summed E-state index contributed by atoms with van der Waals surface area (Å²) in [6.45, 7) is 1.42. The second-order valence-corrected chi connectivity index (χ2v) is 6.84. The summed E-state index contributed by atoms with van der Waals surface area (Å²) < 4.78 is 125. The van der Waals surface area contributed by atoms with Crippen LogP contribution in [0.1, 0.15) is 31.7 Å². The SMILES string of the molecule is CCC(CCc1ccc(OC(F)(F)F)c(OC(F)(F)F)c1OC(F)(F)F)CC(CN)C(=O)O. The molecule has 1 aromatic carbocycles. The van der Waals surface area contributed by atoms with Gasteiger partial charge in [-0.1, -0.05) is 19.4 Å². The van der Waals surface area contributed by atoms with Crippen LogP contribution in [0.4, 0.5) is 39.5 Å². The monoisotopic (exact) mass is 501 g/mol. The van der Waals surface area contributed by atoms with Crippen molar-refractivity contribution in [2.75, 3.05) is 6.54 Å². The predicted molar refractivity (Wildman–Crippen MR) is 93.4 cm³/mol. The molecule has 2 unspecified atom stereocenters. The molecule has 0 amide bonds. The van der Waals surface area contributed by atoms with Crippen LogP contribution in [0.15, 0.2) is 12.1 Å². The Kier molecular flexibility index (Phi) is 9.51. The van der Waals surface area contributed by atoms with E-state index < -0.39 is 66.1 Å². The van der Waals surface area contributed by atoms with E-state index in [9.17, 15) is 44.3 Å². The predicted octanol–water partition coefficient (Wildman–Crippen LogP) is 5.39. The lowest BCUT2D eigenvalue weighted by Gasteiger charge is -2.23. The molecule has 0 spiro atoms. The van der Waals surface area contributed by atoms with Crippen LogP contribution < -0.4 is 19.9 Å². The molecule has 0 saturated heterocycles. The standard InChI is InChI=1S/C18H20F9NO5/c1-2-9(7-11(8-28)15(29)30)3-4-10-5-6-12(31-16(19,20)21)14(33-18(25,26)27)13(10)32-17(22,23)24/h5-6,9,11H,2-4,7-8,28H2,1H3,(H,29,30). The molecule has 0 saturated carbocycles. The highest BCUT2D eigenvalue weighted by atomic mass is 19.4. The molecule has 3 N–H and O–H groups in total. The average Bonchev–Trinajstić information content (AvgIpc) is 2.62. The van der Waals surface area contributed by atoms with Crippen molar-refractivity contribution in [1.29, 1.82) is 0 Å². The molecule has 0 aliphatic carbocycles. The second kappa shape index (κ2) is 11.0. The van der Waals surface area contributed by atoms with Crippen LogP contribution in [-0.2, 0) is 11.2 Å². The van der Waals surface area contributed by atoms with Crippen molar-refractivity contribution in [3.05, 3.63) is 17.7 Å². The number of rotatable bonds is 11. The Balaban J connectivity index is 3.40. The van der Waals surface area contributed by atoms with Crippen molar-refractivity contribution in [3.8, 4) is 17.2 Å². The Bertz CT molecular complexity index is 793. The third-order valence-electron chi connectivity index (χ3n) is 4.47. The summed E-state index contributed by atoms with van der Waals surface area (Å²) in [5, 5.41) is 9.09. The highest BCUT2D eigenvalue weighted by Crippen LogP contribution is 2.47. The van der Waals surface area contributed by atoms with Gasteiger partial charge in [0.15, 0.2) is 11.5 Å². The van der Waals surface area contributed by atoms with Gasteiger partial charge in [0.25, 0.3) is 0 Å². The molecule has 0 bridgehead atoms. The van der Waals surface area contributed by atoms with E-state index in [1.165, 1.54) is 0 Å². The Morgan fingerprint density at radius 3 is 1.88 bits per heavy atom. The van der Waals surface area contributed by atoms with Gasteiger partial charge in [0, 0.05) is 6.54 Å². The number of hydrogen-bond acceptors (Lipinski definition) is 5. The Labute approximate surface area is 181 Å². The number of alkyl halides is 9. The molecule has 0 aliphatic heterocycles. The molecule has 2 atom stereocenters. The topological polar surface area (TPSA) is 91.0 Å². The van der Waals surface area contributed by atoms with Gasteiger partial charge in [-0.25, -0.2) is 0 Å². The lowest BCUT2D eigenvalue weighted by Crippen LogP contribution is -2.26. The molecule has 0 fully saturated rings. The molecule has 0 radical (unpaired) electrons. The minimum absolute atomic E-state index is 0.0268. The smallest absolute Gasteiger partial charge is 0.481 e. The maximum Gasteiger partial charge on any atom is 0.573 e. The first-order valence-corrected chi connectivity index (χ1v) is 9.31. The third kappa shape index (κ3) is 10.3. The van der Waals surface area contributed by atoms with Crippen molar-refractivity contribution in [3.63, 3.8) is 0 Å². The molecule has 190 valence electrons. The number of aliphatic carboxylic acids is 1. The number of aryl methyl sites for hydroxylation is 1. The van der Waals surface area contributed by atoms with Gasteiger partial charge in [-0.2, -0.15) is 0 Å². The molecule has 0 aliphatic rings. The van der Waals surface area contributed by atoms with Gasteiger partial charge in [-0.3, -0.25) is 4.79 Å². The summed E-state index contributed by atoms with van der Waals surface area (Å²) in [4.78, 5) is 11.1. The number of carboxylic acid groups (broad SMARTS) is 1. The third-order valence-corrected chi connectivity index (χ3v) is 4.47. The zero-order valence-corrected chi connectivity index (χ0v) is 16.9. The van der Waals surface area contributed by atoms with Gasteiger partial charge in [0.1, 0.15) is 0 Å².